The Labute approximate surface area is 189 Å². The summed E-state index contributed by atoms with van der Waals surface area (Å²) in [6, 6.07) is 10.7. The van der Waals surface area contributed by atoms with Crippen molar-refractivity contribution in [2.75, 3.05) is 22.3 Å². The minimum absolute atomic E-state index is 0.00420. The smallest absolute Gasteiger partial charge is 0.269 e. The molecule has 3 rings (SSSR count). The van der Waals surface area contributed by atoms with Crippen molar-refractivity contribution in [1.82, 2.24) is 14.9 Å². The number of anilines is 2. The van der Waals surface area contributed by atoms with Crippen LogP contribution in [-0.2, 0) is 4.79 Å². The molecule has 0 fully saturated rings. The van der Waals surface area contributed by atoms with Crippen LogP contribution in [0.3, 0.4) is 0 Å². The van der Waals surface area contributed by atoms with E-state index in [2.05, 4.69) is 26.0 Å². The minimum Gasteiger partial charge on any atom is -0.334 e. The van der Waals surface area contributed by atoms with Crippen molar-refractivity contribution in [3.05, 3.63) is 68.2 Å². The average Bonchev–Trinajstić information content (AvgIpc) is 3.10. The molecule has 4 N–H and O–H groups in total. The number of hydrogen-bond acceptors (Lipinski definition) is 9. The number of rotatable bonds is 8. The fourth-order valence-electron chi connectivity index (χ4n) is 2.22. The Morgan fingerprint density at radius 1 is 1.26 bits per heavy atom. The number of hydrazone groups is 1. The van der Waals surface area contributed by atoms with E-state index in [0.29, 0.717) is 16.3 Å². The fraction of sp³-hybridized carbons (Fsp3) is 0.0588. The highest BCUT2D eigenvalue weighted by Crippen LogP contribution is 2.29. The molecule has 3 aromatic rings. The zero-order chi connectivity index (χ0) is 22.4. The number of carbonyl (C=O) groups is 1. The van der Waals surface area contributed by atoms with Gasteiger partial charge in [0, 0.05) is 12.1 Å². The molecule has 11 nitrogen and oxygen atoms in total. The number of hydrogen-bond donors (Lipinski definition) is 3. The summed E-state index contributed by atoms with van der Waals surface area (Å²) in [7, 11) is 0. The molecule has 0 aliphatic carbocycles. The number of thioether (sulfide) groups is 1. The zero-order valence-electron chi connectivity index (χ0n) is 15.5. The van der Waals surface area contributed by atoms with Gasteiger partial charge in [0.15, 0.2) is 0 Å². The van der Waals surface area contributed by atoms with Crippen molar-refractivity contribution in [2.45, 2.75) is 5.16 Å². The molecule has 14 heteroatoms. The SMILES string of the molecule is Nn1c(N/N=C/c2ccc([N+](=O)[O-])cc2)nnc1SCC(=O)Nc1cccc(Cl)c1Cl. The lowest BCUT2D eigenvalue weighted by Crippen LogP contribution is -2.17. The van der Waals surface area contributed by atoms with Crippen molar-refractivity contribution < 1.29 is 9.72 Å². The molecule has 1 aromatic heterocycles. The van der Waals surface area contributed by atoms with E-state index in [1.165, 1.54) is 18.3 Å². The first-order valence-electron chi connectivity index (χ1n) is 8.46. The molecule has 0 aliphatic heterocycles. The van der Waals surface area contributed by atoms with Crippen LogP contribution in [0, 0.1) is 10.1 Å². The first-order chi connectivity index (χ1) is 14.8. The van der Waals surface area contributed by atoms with Gasteiger partial charge in [-0.25, -0.2) is 10.1 Å². The van der Waals surface area contributed by atoms with Crippen molar-refractivity contribution in [1.29, 1.82) is 0 Å². The molecule has 160 valence electrons. The lowest BCUT2D eigenvalue weighted by Gasteiger charge is -2.07. The molecule has 0 unspecified atom stereocenters. The number of aromatic nitrogens is 3. The van der Waals surface area contributed by atoms with Crippen LogP contribution in [0.15, 0.2) is 52.7 Å². The Kier molecular flexibility index (Phi) is 7.28. The van der Waals surface area contributed by atoms with E-state index < -0.39 is 4.92 Å². The summed E-state index contributed by atoms with van der Waals surface area (Å²) in [6.45, 7) is 0. The Balaban J connectivity index is 1.54. The predicted molar refractivity (Wildman–Crippen MR) is 120 cm³/mol. The molecule has 0 aliphatic rings. The molecule has 0 saturated carbocycles. The van der Waals surface area contributed by atoms with Gasteiger partial charge in [-0.05, 0) is 29.8 Å². The molecule has 0 radical (unpaired) electrons. The molecule has 2 aromatic carbocycles. The lowest BCUT2D eigenvalue weighted by atomic mass is 10.2. The van der Waals surface area contributed by atoms with Crippen LogP contribution in [-0.4, -0.2) is 37.7 Å². The number of nitrogens with one attached hydrogen (secondary N) is 2. The maximum atomic E-state index is 12.1. The monoisotopic (exact) mass is 480 g/mol. The van der Waals surface area contributed by atoms with Gasteiger partial charge in [-0.2, -0.15) is 5.10 Å². The molecule has 1 amide bonds. The number of nitrogens with two attached hydrogens (primary N) is 1. The first-order valence-corrected chi connectivity index (χ1v) is 10.2. The molecule has 31 heavy (non-hydrogen) atoms. The number of benzene rings is 2. The van der Waals surface area contributed by atoms with Gasteiger partial charge in [0.25, 0.3) is 11.6 Å². The van der Waals surface area contributed by atoms with Crippen LogP contribution in [0.25, 0.3) is 0 Å². The fourth-order valence-corrected chi connectivity index (χ4v) is 3.22. The van der Waals surface area contributed by atoms with Crippen LogP contribution >= 0.6 is 35.0 Å². The molecular weight excluding hydrogens is 467 g/mol. The van der Waals surface area contributed by atoms with Crippen LogP contribution in [0.1, 0.15) is 5.56 Å². The van der Waals surface area contributed by atoms with Crippen molar-refractivity contribution in [3.63, 3.8) is 0 Å². The molecule has 0 saturated heterocycles. The van der Waals surface area contributed by atoms with E-state index in [1.807, 2.05) is 0 Å². The number of nitro benzene ring substituents is 1. The molecule has 1 heterocycles. The van der Waals surface area contributed by atoms with Gasteiger partial charge >= 0.3 is 0 Å². The van der Waals surface area contributed by atoms with Crippen molar-refractivity contribution >= 4 is 64.4 Å². The first kappa shape index (κ1) is 22.3. The second kappa shape index (κ2) is 10.1. The normalized spacial score (nSPS) is 10.9. The summed E-state index contributed by atoms with van der Waals surface area (Å²) in [5.74, 6) is 5.72. The van der Waals surface area contributed by atoms with Crippen LogP contribution in [0.4, 0.5) is 17.3 Å². The highest BCUT2D eigenvalue weighted by atomic mass is 35.5. The second-order valence-electron chi connectivity index (χ2n) is 5.83. The molecule has 0 spiro atoms. The van der Waals surface area contributed by atoms with Gasteiger partial charge in [-0.15, -0.1) is 10.2 Å². The number of amides is 1. The van der Waals surface area contributed by atoms with E-state index in [9.17, 15) is 14.9 Å². The third-order valence-corrected chi connectivity index (χ3v) is 5.47. The topological polar surface area (TPSA) is 153 Å². The molecule has 0 bridgehead atoms. The summed E-state index contributed by atoms with van der Waals surface area (Å²) >= 11 is 13.0. The summed E-state index contributed by atoms with van der Waals surface area (Å²) in [5, 5.41) is 25.9. The van der Waals surface area contributed by atoms with Gasteiger partial charge in [0.1, 0.15) is 0 Å². The summed E-state index contributed by atoms with van der Waals surface area (Å²) in [6.07, 6.45) is 1.44. The number of nitro groups is 1. The maximum absolute atomic E-state index is 12.1. The lowest BCUT2D eigenvalue weighted by molar-refractivity contribution is -0.384. The standard InChI is InChI=1S/C17H14Cl2N8O3S/c18-12-2-1-3-13(15(12)19)22-14(28)9-31-17-25-24-16(26(17)20)23-21-8-10-4-6-11(7-5-10)27(29)30/h1-8H,9,20H2,(H,22,28)(H,23,24)/b21-8+. The van der Waals surface area contributed by atoms with Gasteiger partial charge in [-0.3, -0.25) is 14.9 Å². The number of non-ortho nitro benzene ring substituents is 1. The summed E-state index contributed by atoms with van der Waals surface area (Å²) < 4.78 is 1.14. The van der Waals surface area contributed by atoms with Crippen molar-refractivity contribution in [3.8, 4) is 0 Å². The Bertz CT molecular complexity index is 1140. The van der Waals surface area contributed by atoms with Gasteiger partial charge in [0.2, 0.25) is 11.1 Å². The molecule has 0 atom stereocenters. The van der Waals surface area contributed by atoms with Crippen LogP contribution in [0.2, 0.25) is 10.0 Å². The maximum Gasteiger partial charge on any atom is 0.269 e. The number of carbonyl (C=O) groups excluding carboxylic acids is 1. The third kappa shape index (κ3) is 5.84. The van der Waals surface area contributed by atoms with Gasteiger partial charge in [0.05, 0.1) is 32.6 Å². The number of nitrogens with zero attached hydrogens (tertiary/aromatic N) is 5. The summed E-state index contributed by atoms with van der Waals surface area (Å²) in [5.41, 5.74) is 3.63. The zero-order valence-corrected chi connectivity index (χ0v) is 17.9. The number of halogens is 2. The highest BCUT2D eigenvalue weighted by Gasteiger charge is 2.13. The summed E-state index contributed by atoms with van der Waals surface area (Å²) in [4.78, 5) is 22.3. The van der Waals surface area contributed by atoms with Crippen LogP contribution < -0.4 is 16.6 Å². The predicted octanol–water partition coefficient (Wildman–Crippen LogP) is 3.38. The van der Waals surface area contributed by atoms with Crippen molar-refractivity contribution in [2.24, 2.45) is 5.10 Å². The van der Waals surface area contributed by atoms with E-state index in [4.69, 9.17) is 29.0 Å². The second-order valence-corrected chi connectivity index (χ2v) is 7.56. The Hall–Kier alpha value is -3.35. The third-order valence-electron chi connectivity index (χ3n) is 3.70. The Morgan fingerprint density at radius 2 is 2.00 bits per heavy atom. The quantitative estimate of drug-likeness (QED) is 0.146. The average molecular weight is 481 g/mol. The largest absolute Gasteiger partial charge is 0.334 e. The van der Waals surface area contributed by atoms with Gasteiger partial charge < -0.3 is 11.2 Å². The van der Waals surface area contributed by atoms with Crippen LogP contribution in [0.5, 0.6) is 0 Å². The van der Waals surface area contributed by atoms with E-state index in [1.54, 1.807) is 30.3 Å². The highest BCUT2D eigenvalue weighted by molar-refractivity contribution is 7.99. The number of nitrogen functional groups attached to an aromatic ring is 1. The van der Waals surface area contributed by atoms with E-state index in [-0.39, 0.29) is 33.5 Å². The minimum atomic E-state index is -0.487. The molecular formula is C17H14Cl2N8O3S. The van der Waals surface area contributed by atoms with Gasteiger partial charge in [-0.1, -0.05) is 41.0 Å². The van der Waals surface area contributed by atoms with E-state index in [0.717, 1.165) is 16.4 Å². The van der Waals surface area contributed by atoms with E-state index >= 15 is 0 Å². The Morgan fingerprint density at radius 3 is 2.71 bits per heavy atom.